The number of nitrogens with zero attached hydrogens (tertiary/aromatic N) is 2. The smallest absolute Gasteiger partial charge is 0.416 e. The zero-order valence-electron chi connectivity index (χ0n) is 22.8. The number of anilines is 1. The number of benzene rings is 2. The van der Waals surface area contributed by atoms with E-state index in [0.717, 1.165) is 23.5 Å². The summed E-state index contributed by atoms with van der Waals surface area (Å²) in [5.74, 6) is -0.576. The number of fused-ring (bicyclic) bond motifs is 1. The van der Waals surface area contributed by atoms with Gasteiger partial charge in [0.25, 0.3) is 15.9 Å². The summed E-state index contributed by atoms with van der Waals surface area (Å²) in [6.07, 6.45) is -4.96. The Morgan fingerprint density at radius 2 is 1.88 bits per heavy atom. The van der Waals surface area contributed by atoms with Crippen LogP contribution in [0.15, 0.2) is 64.2 Å². The van der Waals surface area contributed by atoms with Crippen LogP contribution in [0.3, 0.4) is 0 Å². The molecule has 2 N–H and O–H groups in total. The number of carbonyl (C=O) groups is 1. The van der Waals surface area contributed by atoms with E-state index in [-0.39, 0.29) is 40.3 Å². The van der Waals surface area contributed by atoms with Crippen molar-refractivity contribution in [2.45, 2.75) is 42.9 Å². The molecule has 3 aromatic rings. The van der Waals surface area contributed by atoms with Crippen LogP contribution in [0.25, 0.3) is 0 Å². The standard InChI is InChI=1S/C28H32F3N3O5S2/c1-18-14-34(19(2)17-35)27(36)22-6-4-7-23(32-41(37,38)25-8-5-13-40-25)26(22)39-24(18)16-33(3)15-20-9-11-21(12-10-20)28(29,30)31/h4-13,18-19,24,32,35H,14-17H2,1-3H3/t18-,19+,24-/m0/s1. The van der Waals surface area contributed by atoms with Crippen molar-refractivity contribution in [1.29, 1.82) is 0 Å². The van der Waals surface area contributed by atoms with Crippen LogP contribution in [-0.4, -0.2) is 68.1 Å². The Bertz CT molecular complexity index is 1450. The third-order valence-electron chi connectivity index (χ3n) is 6.92. The van der Waals surface area contributed by atoms with Crippen LogP contribution in [-0.2, 0) is 22.7 Å². The van der Waals surface area contributed by atoms with Gasteiger partial charge in [-0.2, -0.15) is 13.2 Å². The highest BCUT2D eigenvalue weighted by Crippen LogP contribution is 2.36. The number of aliphatic hydroxyl groups is 1. The maximum atomic E-state index is 13.6. The van der Waals surface area contributed by atoms with Gasteiger partial charge in [-0.15, -0.1) is 11.3 Å². The Kier molecular flexibility index (Phi) is 9.32. The molecule has 41 heavy (non-hydrogen) atoms. The number of likely N-dealkylation sites (N-methyl/N-ethyl adjacent to an activating group) is 1. The second-order valence-corrected chi connectivity index (χ2v) is 13.1. The molecule has 13 heteroatoms. The molecular weight excluding hydrogens is 579 g/mol. The van der Waals surface area contributed by atoms with Gasteiger partial charge in [0.05, 0.1) is 29.5 Å². The fourth-order valence-corrected chi connectivity index (χ4v) is 6.69. The van der Waals surface area contributed by atoms with E-state index in [1.54, 1.807) is 42.5 Å². The minimum Gasteiger partial charge on any atom is -0.486 e. The molecular formula is C28H32F3N3O5S2. The average molecular weight is 612 g/mol. The van der Waals surface area contributed by atoms with E-state index in [4.69, 9.17) is 4.74 Å². The lowest BCUT2D eigenvalue weighted by Crippen LogP contribution is -2.49. The van der Waals surface area contributed by atoms with Crippen molar-refractivity contribution in [3.63, 3.8) is 0 Å². The number of sulfonamides is 1. The fraction of sp³-hybridized carbons (Fsp3) is 0.393. The SMILES string of the molecule is C[C@H](CO)N1C[C@H](C)[C@H](CN(C)Cc2ccc(C(F)(F)F)cc2)Oc2c(NS(=O)(=O)c3cccs3)cccc2C1=O. The van der Waals surface area contributed by atoms with Gasteiger partial charge in [0.15, 0.2) is 5.75 Å². The van der Waals surface area contributed by atoms with Gasteiger partial charge in [0.2, 0.25) is 0 Å². The molecule has 0 fully saturated rings. The summed E-state index contributed by atoms with van der Waals surface area (Å²) in [5.41, 5.74) is 0.205. The van der Waals surface area contributed by atoms with Crippen LogP contribution >= 0.6 is 11.3 Å². The van der Waals surface area contributed by atoms with Crippen LogP contribution in [0.5, 0.6) is 5.75 Å². The van der Waals surface area contributed by atoms with Crippen LogP contribution < -0.4 is 9.46 Å². The largest absolute Gasteiger partial charge is 0.486 e. The number of hydrogen-bond acceptors (Lipinski definition) is 7. The summed E-state index contributed by atoms with van der Waals surface area (Å²) >= 11 is 1.05. The Hall–Kier alpha value is -3.13. The molecule has 0 saturated heterocycles. The highest BCUT2D eigenvalue weighted by Gasteiger charge is 2.35. The van der Waals surface area contributed by atoms with Crippen LogP contribution in [0.4, 0.5) is 18.9 Å². The summed E-state index contributed by atoms with van der Waals surface area (Å²) in [4.78, 5) is 17.1. The molecule has 0 spiro atoms. The minimum atomic E-state index is -4.42. The lowest BCUT2D eigenvalue weighted by atomic mass is 9.99. The zero-order valence-corrected chi connectivity index (χ0v) is 24.4. The van der Waals surface area contributed by atoms with Crippen molar-refractivity contribution in [1.82, 2.24) is 9.80 Å². The van der Waals surface area contributed by atoms with Gasteiger partial charge in [-0.1, -0.05) is 31.2 Å². The number of para-hydroxylation sites is 1. The third-order valence-corrected chi connectivity index (χ3v) is 9.68. The molecule has 0 saturated carbocycles. The zero-order chi connectivity index (χ0) is 29.9. The predicted molar refractivity (Wildman–Crippen MR) is 151 cm³/mol. The summed E-state index contributed by atoms with van der Waals surface area (Å²) in [6, 6.07) is 12.2. The van der Waals surface area contributed by atoms with Crippen molar-refractivity contribution in [2.24, 2.45) is 5.92 Å². The summed E-state index contributed by atoms with van der Waals surface area (Å²) < 4.78 is 74.1. The molecule has 3 atom stereocenters. The molecule has 0 bridgehead atoms. The van der Waals surface area contributed by atoms with Crippen molar-refractivity contribution < 1.29 is 36.2 Å². The first-order valence-electron chi connectivity index (χ1n) is 12.9. The van der Waals surface area contributed by atoms with E-state index in [1.807, 2.05) is 11.8 Å². The van der Waals surface area contributed by atoms with E-state index < -0.39 is 39.8 Å². The predicted octanol–water partition coefficient (Wildman–Crippen LogP) is 4.92. The van der Waals surface area contributed by atoms with Gasteiger partial charge < -0.3 is 14.7 Å². The van der Waals surface area contributed by atoms with Gasteiger partial charge in [0.1, 0.15) is 10.3 Å². The number of thiophene rings is 1. The molecule has 1 aliphatic rings. The molecule has 8 nitrogen and oxygen atoms in total. The topological polar surface area (TPSA) is 99.2 Å². The molecule has 4 rings (SSSR count). The first-order valence-corrected chi connectivity index (χ1v) is 15.3. The van der Waals surface area contributed by atoms with Gasteiger partial charge in [-0.25, -0.2) is 8.42 Å². The number of nitrogens with one attached hydrogen (secondary N) is 1. The second kappa shape index (κ2) is 12.4. The molecule has 2 aromatic carbocycles. The number of carbonyl (C=O) groups excluding carboxylic acids is 1. The molecule has 0 aliphatic carbocycles. The highest BCUT2D eigenvalue weighted by molar-refractivity contribution is 7.94. The molecule has 1 aromatic heterocycles. The van der Waals surface area contributed by atoms with E-state index in [0.29, 0.717) is 18.7 Å². The monoisotopic (exact) mass is 611 g/mol. The van der Waals surface area contributed by atoms with Gasteiger partial charge in [-0.05, 0) is 55.2 Å². The number of halogens is 3. The van der Waals surface area contributed by atoms with Gasteiger partial charge >= 0.3 is 6.18 Å². The lowest BCUT2D eigenvalue weighted by molar-refractivity contribution is -0.137. The van der Waals surface area contributed by atoms with Crippen LogP contribution in [0.1, 0.15) is 35.3 Å². The van der Waals surface area contributed by atoms with Gasteiger partial charge in [-0.3, -0.25) is 14.4 Å². The average Bonchev–Trinajstić information content (AvgIpc) is 3.47. The number of amides is 1. The third kappa shape index (κ3) is 7.21. The maximum Gasteiger partial charge on any atom is 0.416 e. The van der Waals surface area contributed by atoms with E-state index in [1.165, 1.54) is 24.3 Å². The van der Waals surface area contributed by atoms with Crippen LogP contribution in [0.2, 0.25) is 0 Å². The highest BCUT2D eigenvalue weighted by atomic mass is 32.2. The van der Waals surface area contributed by atoms with E-state index in [2.05, 4.69) is 4.72 Å². The van der Waals surface area contributed by atoms with E-state index in [9.17, 15) is 31.5 Å². The number of alkyl halides is 3. The summed E-state index contributed by atoms with van der Waals surface area (Å²) in [5, 5.41) is 11.5. The Labute approximate surface area is 241 Å². The first kappa shape index (κ1) is 30.8. The van der Waals surface area contributed by atoms with Gasteiger partial charge in [0, 0.05) is 25.6 Å². The Balaban J connectivity index is 1.65. The molecule has 1 amide bonds. The summed E-state index contributed by atoms with van der Waals surface area (Å²) in [6.45, 7) is 4.27. The van der Waals surface area contributed by atoms with E-state index >= 15 is 0 Å². The number of hydrogen-bond donors (Lipinski definition) is 2. The fourth-order valence-electron chi connectivity index (χ4n) is 4.64. The van der Waals surface area contributed by atoms with Crippen molar-refractivity contribution in [3.8, 4) is 5.75 Å². The van der Waals surface area contributed by atoms with Crippen LogP contribution in [0, 0.1) is 5.92 Å². The normalized spacial score (nSPS) is 18.8. The number of aliphatic hydroxyl groups excluding tert-OH is 1. The summed E-state index contributed by atoms with van der Waals surface area (Å²) in [7, 11) is -2.15. The molecule has 0 unspecified atom stereocenters. The van der Waals surface area contributed by atoms with Crippen molar-refractivity contribution >= 4 is 33.0 Å². The van der Waals surface area contributed by atoms with Crippen molar-refractivity contribution in [2.75, 3.05) is 31.5 Å². The maximum absolute atomic E-state index is 13.6. The molecule has 2 heterocycles. The van der Waals surface area contributed by atoms with Crippen molar-refractivity contribution in [3.05, 3.63) is 76.7 Å². The molecule has 0 radical (unpaired) electrons. The lowest BCUT2D eigenvalue weighted by Gasteiger charge is -2.38. The first-order chi connectivity index (χ1) is 19.3. The molecule has 222 valence electrons. The Morgan fingerprint density at radius 1 is 1.17 bits per heavy atom. The number of rotatable bonds is 9. The number of ether oxygens (including phenoxy) is 1. The molecule has 1 aliphatic heterocycles. The Morgan fingerprint density at radius 3 is 2.49 bits per heavy atom. The quantitative estimate of drug-likeness (QED) is 0.357. The second-order valence-electron chi connectivity index (χ2n) is 10.2. The minimum absolute atomic E-state index is 0.0762.